The van der Waals surface area contributed by atoms with Crippen LogP contribution >= 0.6 is 43.6 Å². The Balaban J connectivity index is 1.83. The molecule has 1 aliphatic heterocycles. The minimum Gasteiger partial charge on any atom is -0.493 e. The van der Waals surface area contributed by atoms with Gasteiger partial charge in [-0.25, -0.2) is 0 Å². The topological polar surface area (TPSA) is 55.8 Å². The van der Waals surface area contributed by atoms with Crippen molar-refractivity contribution in [3.63, 3.8) is 0 Å². The number of carbonyl (C=O) groups is 2. The summed E-state index contributed by atoms with van der Waals surface area (Å²) in [4.78, 5) is 25.9. The first kappa shape index (κ1) is 21.7. The van der Waals surface area contributed by atoms with Crippen LogP contribution in [0, 0.1) is 0 Å². The summed E-state index contributed by atoms with van der Waals surface area (Å²) in [6.07, 6.45) is 3.19. The smallest absolute Gasteiger partial charge is 0.293 e. The molecule has 5 nitrogen and oxygen atoms in total. The monoisotopic (exact) mass is 537 g/mol. The number of methoxy groups -OCH3 is 1. The second-order valence-electron chi connectivity index (χ2n) is 6.02. The molecule has 0 atom stereocenters. The molecule has 0 bridgehead atoms. The number of amides is 2. The molecule has 8 heteroatoms. The van der Waals surface area contributed by atoms with E-state index in [1.165, 1.54) is 6.08 Å². The fourth-order valence-electron chi connectivity index (χ4n) is 2.60. The molecule has 0 aromatic heterocycles. The lowest BCUT2D eigenvalue weighted by Crippen LogP contribution is -2.27. The lowest BCUT2D eigenvalue weighted by molar-refractivity contribution is -0.122. The third kappa shape index (κ3) is 5.12. The molecule has 150 valence electrons. The third-order valence-electron chi connectivity index (χ3n) is 4.06. The zero-order chi connectivity index (χ0) is 21.0. The number of ether oxygens (including phenoxy) is 2. The standard InChI is InChI=1S/C21H17Br2NO4S/c1-3-8-24-20(25)19(29-21(24)26)10-14-9-17(27-2)18(11-16(14)23)28-12-13-4-6-15(22)7-5-13/h3-7,9-11H,1,8,12H2,2H3/b19-10+. The summed E-state index contributed by atoms with van der Waals surface area (Å²) < 4.78 is 13.1. The molecule has 29 heavy (non-hydrogen) atoms. The van der Waals surface area contributed by atoms with Crippen molar-refractivity contribution < 1.29 is 19.1 Å². The Morgan fingerprint density at radius 3 is 2.52 bits per heavy atom. The Hall–Kier alpha value is -2.03. The molecule has 2 aromatic carbocycles. The summed E-state index contributed by atoms with van der Waals surface area (Å²) >= 11 is 7.83. The van der Waals surface area contributed by atoms with Crippen LogP contribution in [0.2, 0.25) is 0 Å². The van der Waals surface area contributed by atoms with Gasteiger partial charge in [-0.05, 0) is 53.2 Å². The van der Waals surface area contributed by atoms with Crippen molar-refractivity contribution in [1.29, 1.82) is 0 Å². The molecule has 0 aliphatic carbocycles. The normalized spacial score (nSPS) is 15.1. The number of carbonyl (C=O) groups excluding carboxylic acids is 2. The molecule has 1 fully saturated rings. The number of nitrogens with zero attached hydrogens (tertiary/aromatic N) is 1. The van der Waals surface area contributed by atoms with Crippen molar-refractivity contribution in [3.8, 4) is 11.5 Å². The van der Waals surface area contributed by atoms with Crippen LogP contribution in [-0.2, 0) is 11.4 Å². The molecule has 0 N–H and O–H groups in total. The summed E-state index contributed by atoms with van der Waals surface area (Å²) in [5.41, 5.74) is 1.73. The highest BCUT2D eigenvalue weighted by Crippen LogP contribution is 2.38. The predicted octanol–water partition coefficient (Wildman–Crippen LogP) is 6.02. The molecule has 0 unspecified atom stereocenters. The van der Waals surface area contributed by atoms with Crippen LogP contribution in [0.25, 0.3) is 6.08 Å². The Morgan fingerprint density at radius 2 is 1.86 bits per heavy atom. The fourth-order valence-corrected chi connectivity index (χ4v) is 4.14. The minimum atomic E-state index is -0.332. The van der Waals surface area contributed by atoms with Crippen LogP contribution in [0.5, 0.6) is 11.5 Å². The maximum atomic E-state index is 12.4. The Labute approximate surface area is 190 Å². The highest BCUT2D eigenvalue weighted by molar-refractivity contribution is 9.10. The predicted molar refractivity (Wildman–Crippen MR) is 122 cm³/mol. The second-order valence-corrected chi connectivity index (χ2v) is 8.78. The Morgan fingerprint density at radius 1 is 1.14 bits per heavy atom. The van der Waals surface area contributed by atoms with Crippen molar-refractivity contribution in [1.82, 2.24) is 4.90 Å². The highest BCUT2D eigenvalue weighted by Gasteiger charge is 2.34. The summed E-state index contributed by atoms with van der Waals surface area (Å²) in [6.45, 7) is 4.15. The van der Waals surface area contributed by atoms with E-state index in [1.807, 2.05) is 24.3 Å². The summed E-state index contributed by atoms with van der Waals surface area (Å²) in [5, 5.41) is -0.307. The van der Waals surface area contributed by atoms with Gasteiger partial charge >= 0.3 is 0 Å². The van der Waals surface area contributed by atoms with E-state index < -0.39 is 0 Å². The van der Waals surface area contributed by atoms with Gasteiger partial charge in [0.2, 0.25) is 0 Å². The molecule has 2 aromatic rings. The molecule has 0 saturated carbocycles. The van der Waals surface area contributed by atoms with Crippen molar-refractivity contribution in [2.24, 2.45) is 0 Å². The lowest BCUT2D eigenvalue weighted by Gasteiger charge is -2.13. The third-order valence-corrected chi connectivity index (χ3v) is 6.19. The molecule has 1 saturated heterocycles. The average Bonchev–Trinajstić information content (AvgIpc) is 2.97. The first-order valence-electron chi connectivity index (χ1n) is 8.54. The fraction of sp³-hybridized carbons (Fsp3) is 0.143. The van der Waals surface area contributed by atoms with Crippen molar-refractivity contribution in [2.75, 3.05) is 13.7 Å². The molecule has 0 spiro atoms. The molecule has 1 heterocycles. The molecule has 1 aliphatic rings. The van der Waals surface area contributed by atoms with Crippen molar-refractivity contribution in [2.45, 2.75) is 6.61 Å². The van der Waals surface area contributed by atoms with Crippen molar-refractivity contribution in [3.05, 3.63) is 74.0 Å². The quantitative estimate of drug-likeness (QED) is 0.318. The number of halogens is 2. The van der Waals surface area contributed by atoms with E-state index in [4.69, 9.17) is 9.47 Å². The SMILES string of the molecule is C=CCN1C(=O)S/C(=C/c2cc(OC)c(OCc3ccc(Br)cc3)cc2Br)C1=O. The summed E-state index contributed by atoms with van der Waals surface area (Å²) in [6, 6.07) is 11.4. The van der Waals surface area contributed by atoms with Gasteiger partial charge in [0.15, 0.2) is 11.5 Å². The van der Waals surface area contributed by atoms with E-state index in [0.717, 1.165) is 31.2 Å². The van der Waals surface area contributed by atoms with Crippen molar-refractivity contribution >= 4 is 60.8 Å². The second kappa shape index (κ2) is 9.65. The highest BCUT2D eigenvalue weighted by atomic mass is 79.9. The molecule has 0 radical (unpaired) electrons. The lowest BCUT2D eigenvalue weighted by atomic mass is 10.1. The first-order chi connectivity index (χ1) is 13.9. The van der Waals surface area contributed by atoms with E-state index in [-0.39, 0.29) is 17.7 Å². The van der Waals surface area contributed by atoms with Crippen LogP contribution in [0.1, 0.15) is 11.1 Å². The van der Waals surface area contributed by atoms with Crippen LogP contribution in [0.15, 0.2) is 62.9 Å². The summed E-state index contributed by atoms with van der Waals surface area (Å²) in [7, 11) is 1.55. The maximum Gasteiger partial charge on any atom is 0.293 e. The van der Waals surface area contributed by atoms with E-state index in [2.05, 4.69) is 38.4 Å². The van der Waals surface area contributed by atoms with Gasteiger partial charge in [-0.3, -0.25) is 14.5 Å². The van der Waals surface area contributed by atoms with E-state index >= 15 is 0 Å². The van der Waals surface area contributed by atoms with Gasteiger partial charge in [0.25, 0.3) is 11.1 Å². The molecular weight excluding hydrogens is 522 g/mol. The van der Waals surface area contributed by atoms with Gasteiger partial charge in [-0.1, -0.05) is 50.1 Å². The number of thioether (sulfide) groups is 1. The molecular formula is C21H17Br2NO4S. The van der Waals surface area contributed by atoms with Crippen LogP contribution in [-0.4, -0.2) is 29.7 Å². The number of hydrogen-bond donors (Lipinski definition) is 0. The number of rotatable bonds is 7. The zero-order valence-electron chi connectivity index (χ0n) is 15.5. The number of benzene rings is 2. The van der Waals surface area contributed by atoms with Gasteiger partial charge in [-0.2, -0.15) is 0 Å². The summed E-state index contributed by atoms with van der Waals surface area (Å²) in [5.74, 6) is 0.766. The average molecular weight is 539 g/mol. The van der Waals surface area contributed by atoms with Gasteiger partial charge in [-0.15, -0.1) is 6.58 Å². The Kier molecular flexibility index (Phi) is 7.21. The van der Waals surface area contributed by atoms with Crippen LogP contribution < -0.4 is 9.47 Å². The number of imide groups is 1. The van der Waals surface area contributed by atoms with Gasteiger partial charge in [0.05, 0.1) is 12.0 Å². The largest absolute Gasteiger partial charge is 0.493 e. The van der Waals surface area contributed by atoms with Gasteiger partial charge in [0.1, 0.15) is 6.61 Å². The minimum absolute atomic E-state index is 0.190. The van der Waals surface area contributed by atoms with E-state index in [1.54, 1.807) is 25.3 Å². The van der Waals surface area contributed by atoms with E-state index in [9.17, 15) is 9.59 Å². The van der Waals surface area contributed by atoms with Gasteiger partial charge < -0.3 is 9.47 Å². The molecule has 2 amide bonds. The van der Waals surface area contributed by atoms with Gasteiger partial charge in [0, 0.05) is 15.5 Å². The molecule has 3 rings (SSSR count). The van der Waals surface area contributed by atoms with Crippen LogP contribution in [0.4, 0.5) is 4.79 Å². The Bertz CT molecular complexity index is 989. The van der Waals surface area contributed by atoms with Crippen LogP contribution in [0.3, 0.4) is 0 Å². The number of hydrogen-bond acceptors (Lipinski definition) is 5. The van der Waals surface area contributed by atoms with E-state index in [0.29, 0.717) is 28.6 Å². The first-order valence-corrected chi connectivity index (χ1v) is 10.9. The maximum absolute atomic E-state index is 12.4. The zero-order valence-corrected chi connectivity index (χ0v) is 19.5.